The molecular formula is C8H13N3O. The highest BCUT2D eigenvalue weighted by molar-refractivity contribution is 5.01. The number of methoxy groups -OCH3 is 1. The van der Waals surface area contributed by atoms with E-state index in [2.05, 4.69) is 9.97 Å². The lowest BCUT2D eigenvalue weighted by Crippen LogP contribution is -2.35. The van der Waals surface area contributed by atoms with Gasteiger partial charge in [0, 0.05) is 26.0 Å². The van der Waals surface area contributed by atoms with Gasteiger partial charge in [-0.2, -0.15) is 0 Å². The Kier molecular flexibility index (Phi) is 2.73. The van der Waals surface area contributed by atoms with E-state index in [0.717, 1.165) is 0 Å². The summed E-state index contributed by atoms with van der Waals surface area (Å²) in [5.41, 5.74) is 4.98. The van der Waals surface area contributed by atoms with Gasteiger partial charge >= 0.3 is 0 Å². The summed E-state index contributed by atoms with van der Waals surface area (Å²) >= 11 is 0. The molecule has 0 fully saturated rings. The van der Waals surface area contributed by atoms with E-state index >= 15 is 0 Å². The van der Waals surface area contributed by atoms with Gasteiger partial charge in [-0.05, 0) is 13.0 Å². The van der Waals surface area contributed by atoms with Crippen molar-refractivity contribution in [2.24, 2.45) is 5.73 Å². The molecule has 4 heteroatoms. The van der Waals surface area contributed by atoms with E-state index in [4.69, 9.17) is 10.5 Å². The fraction of sp³-hybridized carbons (Fsp3) is 0.500. The maximum absolute atomic E-state index is 5.54. The van der Waals surface area contributed by atoms with Crippen LogP contribution in [0.3, 0.4) is 0 Å². The number of hydrogen-bond donors (Lipinski definition) is 1. The molecule has 0 aliphatic rings. The minimum atomic E-state index is -0.568. The van der Waals surface area contributed by atoms with Gasteiger partial charge in [-0.1, -0.05) is 0 Å². The average Bonchev–Trinajstić information content (AvgIpc) is 2.18. The molecule has 0 aliphatic carbocycles. The van der Waals surface area contributed by atoms with Crippen LogP contribution in [0, 0.1) is 0 Å². The van der Waals surface area contributed by atoms with Crippen LogP contribution in [0.4, 0.5) is 0 Å². The first-order valence-electron chi connectivity index (χ1n) is 3.75. The average molecular weight is 167 g/mol. The molecule has 0 aromatic carbocycles. The second-order valence-corrected chi connectivity index (χ2v) is 2.71. The van der Waals surface area contributed by atoms with Crippen molar-refractivity contribution in [1.82, 2.24) is 9.97 Å². The molecule has 0 saturated heterocycles. The molecule has 1 unspecified atom stereocenters. The molecule has 1 atom stereocenters. The van der Waals surface area contributed by atoms with Gasteiger partial charge in [0.2, 0.25) is 0 Å². The normalized spacial score (nSPS) is 15.6. The highest BCUT2D eigenvalue weighted by atomic mass is 16.5. The summed E-state index contributed by atoms with van der Waals surface area (Å²) in [6, 6.07) is 1.76. The van der Waals surface area contributed by atoms with E-state index < -0.39 is 5.60 Å². The second kappa shape index (κ2) is 3.60. The maximum Gasteiger partial charge on any atom is 0.161 e. The second-order valence-electron chi connectivity index (χ2n) is 2.71. The molecular weight excluding hydrogens is 154 g/mol. The molecule has 1 heterocycles. The quantitative estimate of drug-likeness (QED) is 0.703. The first kappa shape index (κ1) is 9.09. The zero-order valence-corrected chi connectivity index (χ0v) is 7.32. The van der Waals surface area contributed by atoms with Crippen LogP contribution in [0.5, 0.6) is 0 Å². The summed E-state index contributed by atoms with van der Waals surface area (Å²) in [5, 5.41) is 0. The van der Waals surface area contributed by atoms with Gasteiger partial charge in [-0.15, -0.1) is 0 Å². The summed E-state index contributed by atoms with van der Waals surface area (Å²) < 4.78 is 5.22. The van der Waals surface area contributed by atoms with E-state index in [0.29, 0.717) is 12.4 Å². The van der Waals surface area contributed by atoms with E-state index in [1.807, 2.05) is 6.92 Å². The van der Waals surface area contributed by atoms with Crippen molar-refractivity contribution in [2.45, 2.75) is 12.5 Å². The molecule has 4 nitrogen and oxygen atoms in total. The van der Waals surface area contributed by atoms with Crippen LogP contribution >= 0.6 is 0 Å². The third-order valence-electron chi connectivity index (χ3n) is 1.88. The van der Waals surface area contributed by atoms with Gasteiger partial charge in [0.05, 0.1) is 0 Å². The molecule has 66 valence electrons. The molecule has 0 saturated carbocycles. The Morgan fingerprint density at radius 3 is 2.50 bits per heavy atom. The van der Waals surface area contributed by atoms with Crippen molar-refractivity contribution in [3.63, 3.8) is 0 Å². The van der Waals surface area contributed by atoms with E-state index in [1.165, 1.54) is 0 Å². The van der Waals surface area contributed by atoms with E-state index in [9.17, 15) is 0 Å². The van der Waals surface area contributed by atoms with Gasteiger partial charge in [-0.3, -0.25) is 0 Å². The number of nitrogens with zero attached hydrogens (tertiary/aromatic N) is 2. The number of hydrogen-bond acceptors (Lipinski definition) is 4. The lowest BCUT2D eigenvalue weighted by atomic mass is 10.1. The SMILES string of the molecule is COC(C)(CN)c1ncccn1. The maximum atomic E-state index is 5.54. The molecule has 1 aromatic rings. The Balaban J connectivity index is 2.95. The lowest BCUT2D eigenvalue weighted by Gasteiger charge is -2.23. The molecule has 0 aliphatic heterocycles. The largest absolute Gasteiger partial charge is 0.369 e. The fourth-order valence-electron chi connectivity index (χ4n) is 0.838. The number of aromatic nitrogens is 2. The monoisotopic (exact) mass is 167 g/mol. The first-order valence-corrected chi connectivity index (χ1v) is 3.75. The van der Waals surface area contributed by atoms with Crippen molar-refractivity contribution < 1.29 is 4.74 Å². The van der Waals surface area contributed by atoms with E-state index in [-0.39, 0.29) is 0 Å². The summed E-state index contributed by atoms with van der Waals surface area (Å²) in [6.07, 6.45) is 3.35. The fourth-order valence-corrected chi connectivity index (χ4v) is 0.838. The van der Waals surface area contributed by atoms with Crippen molar-refractivity contribution in [2.75, 3.05) is 13.7 Å². The first-order chi connectivity index (χ1) is 5.73. The highest BCUT2D eigenvalue weighted by Crippen LogP contribution is 2.17. The number of rotatable bonds is 3. The summed E-state index contributed by atoms with van der Waals surface area (Å²) in [4.78, 5) is 8.15. The summed E-state index contributed by atoms with van der Waals surface area (Å²) in [6.45, 7) is 2.23. The van der Waals surface area contributed by atoms with Crippen LogP contribution in [0.2, 0.25) is 0 Å². The molecule has 0 bridgehead atoms. The van der Waals surface area contributed by atoms with Crippen LogP contribution in [-0.4, -0.2) is 23.6 Å². The zero-order valence-electron chi connectivity index (χ0n) is 7.32. The third-order valence-corrected chi connectivity index (χ3v) is 1.88. The van der Waals surface area contributed by atoms with Gasteiger partial charge in [0.25, 0.3) is 0 Å². The van der Waals surface area contributed by atoms with Gasteiger partial charge < -0.3 is 10.5 Å². The van der Waals surface area contributed by atoms with Crippen LogP contribution < -0.4 is 5.73 Å². The number of ether oxygens (including phenoxy) is 1. The highest BCUT2D eigenvalue weighted by Gasteiger charge is 2.26. The Bertz CT molecular complexity index is 233. The van der Waals surface area contributed by atoms with Gasteiger partial charge in [0.1, 0.15) is 5.60 Å². The summed E-state index contributed by atoms with van der Waals surface area (Å²) in [7, 11) is 1.60. The molecule has 2 N–H and O–H groups in total. The topological polar surface area (TPSA) is 61.0 Å². The zero-order chi connectivity index (χ0) is 9.03. The predicted molar refractivity (Wildman–Crippen MR) is 45.4 cm³/mol. The Morgan fingerprint density at radius 1 is 1.50 bits per heavy atom. The Labute approximate surface area is 71.8 Å². The van der Waals surface area contributed by atoms with Crippen molar-refractivity contribution in [3.05, 3.63) is 24.3 Å². The van der Waals surface area contributed by atoms with Gasteiger partial charge in [0.15, 0.2) is 5.82 Å². The van der Waals surface area contributed by atoms with Crippen LogP contribution in [0.25, 0.3) is 0 Å². The molecule has 12 heavy (non-hydrogen) atoms. The van der Waals surface area contributed by atoms with Crippen LogP contribution in [0.15, 0.2) is 18.5 Å². The standard InChI is InChI=1S/C8H13N3O/c1-8(6-9,12-2)7-10-4-3-5-11-7/h3-5H,6,9H2,1-2H3. The van der Waals surface area contributed by atoms with Crippen LogP contribution in [0.1, 0.15) is 12.7 Å². The minimum Gasteiger partial charge on any atom is -0.369 e. The predicted octanol–water partition coefficient (Wildman–Crippen LogP) is 0.297. The van der Waals surface area contributed by atoms with Crippen molar-refractivity contribution >= 4 is 0 Å². The van der Waals surface area contributed by atoms with Gasteiger partial charge in [-0.25, -0.2) is 9.97 Å². The van der Waals surface area contributed by atoms with Crippen LogP contribution in [-0.2, 0) is 10.3 Å². The third kappa shape index (κ3) is 1.60. The lowest BCUT2D eigenvalue weighted by molar-refractivity contribution is 0.00242. The van der Waals surface area contributed by atoms with Crippen molar-refractivity contribution in [3.8, 4) is 0 Å². The molecule has 0 amide bonds. The molecule has 0 spiro atoms. The molecule has 1 rings (SSSR count). The summed E-state index contributed by atoms with van der Waals surface area (Å²) in [5.74, 6) is 0.620. The van der Waals surface area contributed by atoms with Crippen molar-refractivity contribution in [1.29, 1.82) is 0 Å². The Hall–Kier alpha value is -1.00. The Morgan fingerprint density at radius 2 is 2.08 bits per heavy atom. The molecule has 1 aromatic heterocycles. The smallest absolute Gasteiger partial charge is 0.161 e. The van der Waals surface area contributed by atoms with E-state index in [1.54, 1.807) is 25.6 Å². The number of nitrogens with two attached hydrogens (primary N) is 1. The molecule has 0 radical (unpaired) electrons. The minimum absolute atomic E-state index is 0.369.